The van der Waals surface area contributed by atoms with Crippen LogP contribution in [0.1, 0.15) is 68.8 Å². The summed E-state index contributed by atoms with van der Waals surface area (Å²) in [6.45, 7) is 4.47. The Bertz CT molecular complexity index is 876. The van der Waals surface area contributed by atoms with Crippen LogP contribution in [0.2, 0.25) is 0 Å². The van der Waals surface area contributed by atoms with Crippen LogP contribution in [0.4, 0.5) is 0 Å². The largest absolute Gasteiger partial charge is 0.339 e. The molecule has 0 atom stereocenters. The molecule has 5 heteroatoms. The molecule has 1 aliphatic rings. The van der Waals surface area contributed by atoms with Gasteiger partial charge in [0.1, 0.15) is 5.69 Å². The maximum Gasteiger partial charge on any atom is 0.272 e. The van der Waals surface area contributed by atoms with Crippen molar-refractivity contribution < 1.29 is 9.59 Å². The Labute approximate surface area is 211 Å². The van der Waals surface area contributed by atoms with Gasteiger partial charge in [0.15, 0.2) is 0 Å². The van der Waals surface area contributed by atoms with Crippen molar-refractivity contribution in [2.24, 2.45) is 0 Å². The highest BCUT2D eigenvalue weighted by Gasteiger charge is 2.24. The Balaban J connectivity index is 1.49. The summed E-state index contributed by atoms with van der Waals surface area (Å²) in [5.41, 5.74) is 0.462. The summed E-state index contributed by atoms with van der Waals surface area (Å²) in [5.74, 6) is 0.123. The van der Waals surface area contributed by atoms with Crippen LogP contribution >= 0.6 is 0 Å². The third-order valence-corrected chi connectivity index (χ3v) is 5.72. The zero-order valence-electron chi connectivity index (χ0n) is 21.2. The lowest BCUT2D eigenvalue weighted by Gasteiger charge is -2.34. The van der Waals surface area contributed by atoms with Crippen LogP contribution in [0, 0.1) is 0 Å². The van der Waals surface area contributed by atoms with Gasteiger partial charge in [0.2, 0.25) is 5.91 Å². The Kier molecular flexibility index (Phi) is 14.5. The van der Waals surface area contributed by atoms with Crippen molar-refractivity contribution in [2.45, 2.75) is 58.3 Å². The molecule has 0 unspecified atom stereocenters. The van der Waals surface area contributed by atoms with Gasteiger partial charge in [-0.1, -0.05) is 73.8 Å². The molecule has 5 nitrogen and oxygen atoms in total. The van der Waals surface area contributed by atoms with E-state index in [-0.39, 0.29) is 11.8 Å². The molecule has 1 aromatic rings. The number of nitrogens with zero attached hydrogens (tertiary/aromatic N) is 3. The standard InChI is InChI=1S/C30H41N3O2/c1-2-3-4-5-6-7-8-9-10-11-12-13-14-15-16-17-18-22-29(34)32-24-26-33(27-25-32)30(35)28-21-19-20-23-31-28/h3-4,6-7,9-10,12-13,15-16,19-21,23H,2,5,8,11,14,17-18,22,24-27H2,1H3. The Morgan fingerprint density at radius 3 is 1.86 bits per heavy atom. The first-order valence-electron chi connectivity index (χ1n) is 13.0. The average Bonchev–Trinajstić information content (AvgIpc) is 2.90. The zero-order valence-corrected chi connectivity index (χ0v) is 21.2. The van der Waals surface area contributed by atoms with Crippen LogP contribution < -0.4 is 0 Å². The summed E-state index contributed by atoms with van der Waals surface area (Å²) in [5, 5.41) is 0. The van der Waals surface area contributed by atoms with Crippen LogP contribution in [0.25, 0.3) is 0 Å². The summed E-state index contributed by atoms with van der Waals surface area (Å²) >= 11 is 0. The molecule has 0 spiro atoms. The minimum Gasteiger partial charge on any atom is -0.339 e. The average molecular weight is 476 g/mol. The van der Waals surface area contributed by atoms with Gasteiger partial charge in [0.05, 0.1) is 0 Å². The smallest absolute Gasteiger partial charge is 0.272 e. The van der Waals surface area contributed by atoms with Gasteiger partial charge in [-0.2, -0.15) is 0 Å². The fourth-order valence-electron chi connectivity index (χ4n) is 3.71. The molecule has 1 fully saturated rings. The number of pyridine rings is 1. The van der Waals surface area contributed by atoms with Gasteiger partial charge in [0.25, 0.3) is 5.91 Å². The van der Waals surface area contributed by atoms with E-state index >= 15 is 0 Å². The number of rotatable bonds is 14. The number of allylic oxidation sites excluding steroid dienone is 10. The third kappa shape index (κ3) is 12.2. The fourth-order valence-corrected chi connectivity index (χ4v) is 3.71. The van der Waals surface area contributed by atoms with Crippen LogP contribution in [-0.2, 0) is 4.79 Å². The minimum atomic E-state index is -0.0592. The number of unbranched alkanes of at least 4 members (excludes halogenated alkanes) is 1. The molecule has 0 aromatic carbocycles. The molecule has 2 amide bonds. The summed E-state index contributed by atoms with van der Waals surface area (Å²) in [4.78, 5) is 32.7. The van der Waals surface area contributed by atoms with Crippen molar-refractivity contribution in [1.82, 2.24) is 14.8 Å². The van der Waals surface area contributed by atoms with E-state index < -0.39 is 0 Å². The maximum atomic E-state index is 12.5. The number of amides is 2. The number of piperazine rings is 1. The molecule has 35 heavy (non-hydrogen) atoms. The maximum absolute atomic E-state index is 12.5. The first-order chi connectivity index (χ1) is 17.2. The summed E-state index contributed by atoms with van der Waals surface area (Å²) in [7, 11) is 0. The number of carbonyl (C=O) groups excluding carboxylic acids is 2. The van der Waals surface area contributed by atoms with E-state index in [1.54, 1.807) is 23.2 Å². The van der Waals surface area contributed by atoms with Crippen molar-refractivity contribution in [3.63, 3.8) is 0 Å². The molecular weight excluding hydrogens is 434 g/mol. The van der Waals surface area contributed by atoms with Gasteiger partial charge in [-0.3, -0.25) is 14.6 Å². The minimum absolute atomic E-state index is 0.0592. The summed E-state index contributed by atoms with van der Waals surface area (Å²) in [6, 6.07) is 5.35. The monoisotopic (exact) mass is 475 g/mol. The van der Waals surface area contributed by atoms with Gasteiger partial charge < -0.3 is 9.80 Å². The second-order valence-electron chi connectivity index (χ2n) is 8.49. The molecule has 0 aliphatic carbocycles. The number of hydrogen-bond acceptors (Lipinski definition) is 3. The highest BCUT2D eigenvalue weighted by molar-refractivity contribution is 5.92. The predicted molar refractivity (Wildman–Crippen MR) is 145 cm³/mol. The van der Waals surface area contributed by atoms with Crippen LogP contribution in [0.3, 0.4) is 0 Å². The van der Waals surface area contributed by atoms with E-state index in [1.807, 2.05) is 11.0 Å². The zero-order chi connectivity index (χ0) is 25.0. The van der Waals surface area contributed by atoms with Crippen molar-refractivity contribution in [3.05, 3.63) is 90.9 Å². The molecule has 188 valence electrons. The van der Waals surface area contributed by atoms with Gasteiger partial charge in [-0.05, 0) is 57.1 Å². The lowest BCUT2D eigenvalue weighted by Crippen LogP contribution is -2.50. The molecule has 2 heterocycles. The van der Waals surface area contributed by atoms with E-state index in [9.17, 15) is 9.59 Å². The summed E-state index contributed by atoms with van der Waals surface area (Å²) in [6.07, 6.45) is 30.9. The number of carbonyl (C=O) groups is 2. The third-order valence-electron chi connectivity index (χ3n) is 5.72. The van der Waals surface area contributed by atoms with E-state index in [2.05, 4.69) is 72.7 Å². The van der Waals surface area contributed by atoms with Crippen molar-refractivity contribution in [3.8, 4) is 0 Å². The van der Waals surface area contributed by atoms with Crippen molar-refractivity contribution in [1.29, 1.82) is 0 Å². The highest BCUT2D eigenvalue weighted by atomic mass is 16.2. The number of hydrogen-bond donors (Lipinski definition) is 0. The quantitative estimate of drug-likeness (QED) is 0.235. The first-order valence-corrected chi connectivity index (χ1v) is 13.0. The molecule has 0 radical (unpaired) electrons. The first kappa shape index (κ1) is 28.0. The SMILES string of the molecule is CCC=CCC=CCC=CCC=CCC=CCCCC(=O)N1CCN(C(=O)c2ccccn2)CC1. The van der Waals surface area contributed by atoms with Crippen molar-refractivity contribution in [2.75, 3.05) is 26.2 Å². The molecule has 1 aliphatic heterocycles. The van der Waals surface area contributed by atoms with Gasteiger partial charge >= 0.3 is 0 Å². The topological polar surface area (TPSA) is 53.5 Å². The van der Waals surface area contributed by atoms with Crippen LogP contribution in [0.5, 0.6) is 0 Å². The molecular formula is C30H41N3O2. The fraction of sp³-hybridized carbons (Fsp3) is 0.433. The molecule has 0 N–H and O–H groups in total. The van der Waals surface area contributed by atoms with E-state index in [0.29, 0.717) is 38.3 Å². The Hall–Kier alpha value is -3.21. The Morgan fingerprint density at radius 2 is 1.31 bits per heavy atom. The lowest BCUT2D eigenvalue weighted by atomic mass is 10.2. The van der Waals surface area contributed by atoms with Gasteiger partial charge in [-0.25, -0.2) is 0 Å². The predicted octanol–water partition coefficient (Wildman–Crippen LogP) is 6.29. The lowest BCUT2D eigenvalue weighted by molar-refractivity contribution is -0.132. The van der Waals surface area contributed by atoms with E-state index in [1.165, 1.54) is 0 Å². The Morgan fingerprint density at radius 1 is 0.771 bits per heavy atom. The molecule has 0 saturated carbocycles. The highest BCUT2D eigenvalue weighted by Crippen LogP contribution is 2.10. The second kappa shape index (κ2) is 18.2. The molecule has 0 bridgehead atoms. The van der Waals surface area contributed by atoms with E-state index in [0.717, 1.165) is 44.9 Å². The molecule has 1 aromatic heterocycles. The van der Waals surface area contributed by atoms with Crippen LogP contribution in [0.15, 0.2) is 85.2 Å². The second-order valence-corrected chi connectivity index (χ2v) is 8.49. The van der Waals surface area contributed by atoms with Gasteiger partial charge in [-0.15, -0.1) is 0 Å². The van der Waals surface area contributed by atoms with Crippen molar-refractivity contribution >= 4 is 11.8 Å². The van der Waals surface area contributed by atoms with Gasteiger partial charge in [0, 0.05) is 38.8 Å². The summed E-state index contributed by atoms with van der Waals surface area (Å²) < 4.78 is 0. The van der Waals surface area contributed by atoms with E-state index in [4.69, 9.17) is 0 Å². The number of aromatic nitrogens is 1. The molecule has 1 saturated heterocycles. The normalized spacial score (nSPS) is 15.0. The molecule has 2 rings (SSSR count). The van der Waals surface area contributed by atoms with Crippen LogP contribution in [-0.4, -0.2) is 52.8 Å².